The maximum Gasteiger partial charge on any atom is 0.340 e. The minimum Gasteiger partial charge on any atom is -0.497 e. The van der Waals surface area contributed by atoms with E-state index in [1.807, 2.05) is 44.2 Å². The molecule has 0 aromatic heterocycles. The molecule has 0 amide bonds. The molecule has 2 N–H and O–H groups in total. The van der Waals surface area contributed by atoms with Gasteiger partial charge in [-0.3, -0.25) is 4.79 Å². The van der Waals surface area contributed by atoms with Crippen LogP contribution in [0.25, 0.3) is 10.8 Å². The number of ketones is 1. The van der Waals surface area contributed by atoms with Gasteiger partial charge < -0.3 is 24.7 Å². The van der Waals surface area contributed by atoms with E-state index in [9.17, 15) is 9.59 Å². The van der Waals surface area contributed by atoms with Crippen molar-refractivity contribution in [1.82, 2.24) is 0 Å². The molecule has 1 heterocycles. The van der Waals surface area contributed by atoms with Gasteiger partial charge in [0.1, 0.15) is 22.8 Å². The molecule has 4 rings (SSSR count). The molecule has 1 aliphatic carbocycles. The standard InChI is InChI=1S/C25H27NO6/c1-25(2)11-16(27)20-18(12-25)32-23(26)22(24(28)31-5)21(20)19-15-10-14(29-3)8-6-13(15)7-9-17(19)30-4/h6-10,21H,11-12,26H2,1-5H3. The Hall–Kier alpha value is -3.48. The molecule has 7 heteroatoms. The lowest BCUT2D eigenvalue weighted by molar-refractivity contribution is -0.136. The molecule has 0 bridgehead atoms. The quantitative estimate of drug-likeness (QED) is 0.723. The van der Waals surface area contributed by atoms with E-state index in [4.69, 9.17) is 24.7 Å². The topological polar surface area (TPSA) is 97.1 Å². The predicted molar refractivity (Wildman–Crippen MR) is 119 cm³/mol. The predicted octanol–water partition coefficient (Wildman–Crippen LogP) is 3.96. The van der Waals surface area contributed by atoms with Gasteiger partial charge in [-0.05, 0) is 34.4 Å². The summed E-state index contributed by atoms with van der Waals surface area (Å²) in [6.07, 6.45) is 0.854. The summed E-state index contributed by atoms with van der Waals surface area (Å²) in [6.45, 7) is 4.01. The van der Waals surface area contributed by atoms with E-state index in [-0.39, 0.29) is 22.7 Å². The van der Waals surface area contributed by atoms with Gasteiger partial charge in [0.05, 0.1) is 27.2 Å². The smallest absolute Gasteiger partial charge is 0.340 e. The van der Waals surface area contributed by atoms with Crippen molar-refractivity contribution in [2.75, 3.05) is 21.3 Å². The summed E-state index contributed by atoms with van der Waals surface area (Å²) in [5, 5.41) is 1.69. The number of benzene rings is 2. The number of rotatable bonds is 4. The average Bonchev–Trinajstić information content (AvgIpc) is 2.75. The van der Waals surface area contributed by atoms with E-state index in [1.165, 1.54) is 7.11 Å². The fraction of sp³-hybridized carbons (Fsp3) is 0.360. The number of carbonyl (C=O) groups excluding carboxylic acids is 2. The van der Waals surface area contributed by atoms with Gasteiger partial charge in [-0.25, -0.2) is 4.79 Å². The van der Waals surface area contributed by atoms with Gasteiger partial charge in [0.15, 0.2) is 5.78 Å². The third-order valence-corrected chi connectivity index (χ3v) is 6.10. The number of allylic oxidation sites excluding steroid dienone is 2. The van der Waals surface area contributed by atoms with Crippen LogP contribution in [0.2, 0.25) is 0 Å². The highest BCUT2D eigenvalue weighted by Gasteiger charge is 2.46. The zero-order valence-corrected chi connectivity index (χ0v) is 18.9. The molecule has 0 fully saturated rings. The van der Waals surface area contributed by atoms with Crippen LogP contribution in [-0.4, -0.2) is 33.1 Å². The Morgan fingerprint density at radius 2 is 1.81 bits per heavy atom. The first kappa shape index (κ1) is 21.7. The van der Waals surface area contributed by atoms with Crippen molar-refractivity contribution in [1.29, 1.82) is 0 Å². The molecule has 0 radical (unpaired) electrons. The number of carbonyl (C=O) groups is 2. The summed E-state index contributed by atoms with van der Waals surface area (Å²) in [7, 11) is 4.41. The van der Waals surface area contributed by atoms with E-state index < -0.39 is 11.9 Å². The molecule has 2 aliphatic rings. The van der Waals surface area contributed by atoms with Crippen molar-refractivity contribution in [3.63, 3.8) is 0 Å². The van der Waals surface area contributed by atoms with Crippen molar-refractivity contribution in [3.05, 3.63) is 58.7 Å². The lowest BCUT2D eigenvalue weighted by Gasteiger charge is -2.38. The van der Waals surface area contributed by atoms with E-state index >= 15 is 0 Å². The molecule has 168 valence electrons. The van der Waals surface area contributed by atoms with Crippen molar-refractivity contribution in [2.24, 2.45) is 11.1 Å². The summed E-state index contributed by atoms with van der Waals surface area (Å²) in [5.41, 5.74) is 7.14. The Balaban J connectivity index is 2.09. The summed E-state index contributed by atoms with van der Waals surface area (Å²) >= 11 is 0. The van der Waals surface area contributed by atoms with E-state index in [0.717, 1.165) is 10.8 Å². The number of esters is 1. The minimum atomic E-state index is -0.791. The van der Waals surface area contributed by atoms with Gasteiger partial charge in [-0.1, -0.05) is 26.0 Å². The Labute approximate surface area is 186 Å². The lowest BCUT2D eigenvalue weighted by atomic mass is 9.69. The second-order valence-electron chi connectivity index (χ2n) is 8.85. The van der Waals surface area contributed by atoms with Gasteiger partial charge in [0, 0.05) is 24.0 Å². The number of ether oxygens (including phenoxy) is 4. The Kier molecular flexibility index (Phi) is 5.36. The summed E-state index contributed by atoms with van der Waals surface area (Å²) in [5.74, 6) is 0.0602. The molecule has 1 aliphatic heterocycles. The van der Waals surface area contributed by atoms with Gasteiger partial charge in [0.2, 0.25) is 5.88 Å². The highest BCUT2D eigenvalue weighted by Crippen LogP contribution is 2.51. The molecule has 1 atom stereocenters. The number of hydrogen-bond donors (Lipinski definition) is 1. The zero-order chi connectivity index (χ0) is 23.2. The highest BCUT2D eigenvalue weighted by atomic mass is 16.5. The average molecular weight is 437 g/mol. The zero-order valence-electron chi connectivity index (χ0n) is 18.9. The van der Waals surface area contributed by atoms with Crippen LogP contribution in [0.4, 0.5) is 0 Å². The van der Waals surface area contributed by atoms with Crippen molar-refractivity contribution in [3.8, 4) is 11.5 Å². The maximum absolute atomic E-state index is 13.4. The Bertz CT molecular complexity index is 1190. The molecule has 32 heavy (non-hydrogen) atoms. The number of hydrogen-bond acceptors (Lipinski definition) is 7. The summed E-state index contributed by atoms with van der Waals surface area (Å²) in [6, 6.07) is 9.38. The number of methoxy groups -OCH3 is 3. The molecule has 0 saturated carbocycles. The van der Waals surface area contributed by atoms with E-state index in [2.05, 4.69) is 0 Å². The van der Waals surface area contributed by atoms with E-state index in [1.54, 1.807) is 14.2 Å². The molecule has 1 unspecified atom stereocenters. The Morgan fingerprint density at radius 1 is 1.09 bits per heavy atom. The van der Waals surface area contributed by atoms with Gasteiger partial charge in [-0.15, -0.1) is 0 Å². The minimum absolute atomic E-state index is 0.0620. The summed E-state index contributed by atoms with van der Waals surface area (Å²) < 4.78 is 22.0. The largest absolute Gasteiger partial charge is 0.497 e. The third-order valence-electron chi connectivity index (χ3n) is 6.10. The lowest BCUT2D eigenvalue weighted by Crippen LogP contribution is -2.35. The van der Waals surface area contributed by atoms with Crippen LogP contribution >= 0.6 is 0 Å². The molecule has 0 saturated heterocycles. The second-order valence-corrected chi connectivity index (χ2v) is 8.85. The first-order valence-corrected chi connectivity index (χ1v) is 10.4. The van der Waals surface area contributed by atoms with Crippen LogP contribution in [0.1, 0.15) is 38.2 Å². The molecule has 2 aromatic rings. The van der Waals surface area contributed by atoms with Crippen LogP contribution in [0.3, 0.4) is 0 Å². The monoisotopic (exact) mass is 437 g/mol. The van der Waals surface area contributed by atoms with E-state index in [0.29, 0.717) is 41.2 Å². The first-order chi connectivity index (χ1) is 15.2. The molecule has 0 spiro atoms. The SMILES string of the molecule is COC(=O)C1=C(N)OC2=C(C(=O)CC(C)(C)C2)C1c1c(OC)ccc2ccc(OC)cc12. The molecular formula is C25H27NO6. The van der Waals surface area contributed by atoms with Gasteiger partial charge in [0.25, 0.3) is 0 Å². The molecular weight excluding hydrogens is 410 g/mol. The number of nitrogens with two attached hydrogens (primary N) is 1. The van der Waals surface area contributed by atoms with Crippen LogP contribution in [0.15, 0.2) is 53.1 Å². The van der Waals surface area contributed by atoms with Crippen molar-refractivity contribution in [2.45, 2.75) is 32.6 Å². The molecule has 2 aromatic carbocycles. The molecule has 7 nitrogen and oxygen atoms in total. The fourth-order valence-electron chi connectivity index (χ4n) is 4.69. The Morgan fingerprint density at radius 3 is 2.47 bits per heavy atom. The highest BCUT2D eigenvalue weighted by molar-refractivity contribution is 6.05. The van der Waals surface area contributed by atoms with Crippen LogP contribution in [0, 0.1) is 5.41 Å². The van der Waals surface area contributed by atoms with Gasteiger partial charge in [-0.2, -0.15) is 0 Å². The normalized spacial score (nSPS) is 20.0. The second kappa shape index (κ2) is 7.89. The van der Waals surface area contributed by atoms with Crippen LogP contribution in [-0.2, 0) is 19.1 Å². The summed E-state index contributed by atoms with van der Waals surface area (Å²) in [4.78, 5) is 26.3. The van der Waals surface area contributed by atoms with Crippen molar-refractivity contribution >= 4 is 22.5 Å². The van der Waals surface area contributed by atoms with Crippen LogP contribution < -0.4 is 15.2 Å². The third kappa shape index (κ3) is 3.47. The van der Waals surface area contributed by atoms with Crippen LogP contribution in [0.5, 0.6) is 11.5 Å². The number of Topliss-reactive ketones (excluding diaryl/α,β-unsaturated/α-hetero) is 1. The van der Waals surface area contributed by atoms with Crippen molar-refractivity contribution < 1.29 is 28.5 Å². The fourth-order valence-corrected chi connectivity index (χ4v) is 4.69. The number of fused-ring (bicyclic) bond motifs is 1. The van der Waals surface area contributed by atoms with Gasteiger partial charge >= 0.3 is 5.97 Å². The first-order valence-electron chi connectivity index (χ1n) is 10.4. The maximum atomic E-state index is 13.4.